The van der Waals surface area contributed by atoms with Crippen LogP contribution in [0.3, 0.4) is 0 Å². The molecule has 0 aliphatic carbocycles. The van der Waals surface area contributed by atoms with Gasteiger partial charge in [0.05, 0.1) is 5.69 Å². The zero-order valence-electron chi connectivity index (χ0n) is 10.3. The number of nitrogens with zero attached hydrogens (tertiary/aromatic N) is 1. The highest BCUT2D eigenvalue weighted by molar-refractivity contribution is 7.10. The van der Waals surface area contributed by atoms with E-state index in [1.807, 2.05) is 29.7 Å². The highest BCUT2D eigenvalue weighted by Gasteiger charge is 2.14. The van der Waals surface area contributed by atoms with E-state index in [4.69, 9.17) is 0 Å². The molecule has 0 radical (unpaired) electrons. The molecule has 2 heterocycles. The molecular formula is C14H18N2S. The van der Waals surface area contributed by atoms with Crippen LogP contribution in [0.1, 0.15) is 42.9 Å². The van der Waals surface area contributed by atoms with Crippen molar-refractivity contribution in [2.75, 3.05) is 0 Å². The first kappa shape index (κ1) is 12.3. The minimum atomic E-state index is 0.281. The van der Waals surface area contributed by atoms with E-state index >= 15 is 0 Å². The molecule has 2 rings (SSSR count). The Morgan fingerprint density at radius 2 is 2.18 bits per heavy atom. The van der Waals surface area contributed by atoms with Crippen molar-refractivity contribution in [2.45, 2.75) is 32.4 Å². The van der Waals surface area contributed by atoms with E-state index in [1.165, 1.54) is 4.88 Å². The van der Waals surface area contributed by atoms with Crippen molar-refractivity contribution in [1.82, 2.24) is 10.3 Å². The fourth-order valence-corrected chi connectivity index (χ4v) is 2.78. The third kappa shape index (κ3) is 3.14. The van der Waals surface area contributed by atoms with Crippen molar-refractivity contribution in [3.8, 4) is 0 Å². The summed E-state index contributed by atoms with van der Waals surface area (Å²) in [5, 5.41) is 5.76. The second kappa shape index (κ2) is 5.94. The quantitative estimate of drug-likeness (QED) is 0.864. The molecule has 0 aromatic carbocycles. The largest absolute Gasteiger partial charge is 0.301 e. The molecule has 0 spiro atoms. The van der Waals surface area contributed by atoms with Crippen molar-refractivity contribution in [3.05, 3.63) is 52.5 Å². The normalized spacial score (nSPS) is 14.5. The molecule has 0 amide bonds. The van der Waals surface area contributed by atoms with Gasteiger partial charge in [-0.3, -0.25) is 4.98 Å². The third-order valence-electron chi connectivity index (χ3n) is 2.88. The van der Waals surface area contributed by atoms with Crippen molar-refractivity contribution in [1.29, 1.82) is 0 Å². The predicted molar refractivity (Wildman–Crippen MR) is 73.1 cm³/mol. The second-order valence-corrected chi connectivity index (χ2v) is 5.10. The monoisotopic (exact) mass is 246 g/mol. The van der Waals surface area contributed by atoms with E-state index < -0.39 is 0 Å². The Labute approximate surface area is 107 Å². The molecule has 0 fully saturated rings. The summed E-state index contributed by atoms with van der Waals surface area (Å²) < 4.78 is 0. The summed E-state index contributed by atoms with van der Waals surface area (Å²) >= 11 is 1.81. The van der Waals surface area contributed by atoms with Crippen LogP contribution in [-0.2, 0) is 0 Å². The Hall–Kier alpha value is -1.19. The van der Waals surface area contributed by atoms with Gasteiger partial charge in [-0.15, -0.1) is 11.3 Å². The van der Waals surface area contributed by atoms with Crippen molar-refractivity contribution in [3.63, 3.8) is 0 Å². The Balaban J connectivity index is 2.05. The van der Waals surface area contributed by atoms with Crippen LogP contribution >= 0.6 is 11.3 Å². The van der Waals surface area contributed by atoms with Gasteiger partial charge in [-0.2, -0.15) is 0 Å². The van der Waals surface area contributed by atoms with Gasteiger partial charge in [0.15, 0.2) is 0 Å². The number of pyridine rings is 1. The van der Waals surface area contributed by atoms with Gasteiger partial charge in [-0.25, -0.2) is 0 Å². The molecule has 1 unspecified atom stereocenters. The first-order chi connectivity index (χ1) is 8.31. The zero-order chi connectivity index (χ0) is 12.1. The summed E-state index contributed by atoms with van der Waals surface area (Å²) in [6.45, 7) is 4.38. The molecule has 2 aromatic heterocycles. The van der Waals surface area contributed by atoms with Crippen LogP contribution in [0.2, 0.25) is 0 Å². The molecule has 1 N–H and O–H groups in total. The smallest absolute Gasteiger partial charge is 0.0570 e. The lowest BCUT2D eigenvalue weighted by molar-refractivity contribution is 0.455. The molecular weight excluding hydrogens is 228 g/mol. The summed E-state index contributed by atoms with van der Waals surface area (Å²) in [5.41, 5.74) is 1.10. The first-order valence-electron chi connectivity index (χ1n) is 6.01. The standard InChI is InChI=1S/C14H18N2S/c1-3-12(14-8-6-10-17-14)16-11(2)13-7-4-5-9-15-13/h4-12,16H,3H2,1-2H3/t11-,12?/m0/s1. The fourth-order valence-electron chi connectivity index (χ4n) is 1.91. The van der Waals surface area contributed by atoms with Crippen LogP contribution in [0.5, 0.6) is 0 Å². The maximum absolute atomic E-state index is 4.39. The van der Waals surface area contributed by atoms with E-state index in [9.17, 15) is 0 Å². The number of hydrogen-bond donors (Lipinski definition) is 1. The maximum atomic E-state index is 4.39. The van der Waals surface area contributed by atoms with Gasteiger partial charge in [-0.05, 0) is 36.9 Å². The Bertz CT molecular complexity index is 425. The molecule has 0 saturated heterocycles. The lowest BCUT2D eigenvalue weighted by Crippen LogP contribution is -2.24. The molecule has 0 saturated carbocycles. The van der Waals surface area contributed by atoms with Crippen molar-refractivity contribution < 1.29 is 0 Å². The van der Waals surface area contributed by atoms with Gasteiger partial charge < -0.3 is 5.32 Å². The van der Waals surface area contributed by atoms with Crippen LogP contribution in [0.25, 0.3) is 0 Å². The molecule has 2 nitrogen and oxygen atoms in total. The van der Waals surface area contributed by atoms with Gasteiger partial charge in [0.1, 0.15) is 0 Å². The molecule has 2 atom stereocenters. The number of nitrogens with one attached hydrogen (secondary N) is 1. The topological polar surface area (TPSA) is 24.9 Å². The Kier molecular flexibility index (Phi) is 4.29. The molecule has 90 valence electrons. The summed E-state index contributed by atoms with van der Waals surface area (Å²) in [4.78, 5) is 5.79. The van der Waals surface area contributed by atoms with Gasteiger partial charge in [0.2, 0.25) is 0 Å². The van der Waals surface area contributed by atoms with Gasteiger partial charge in [0, 0.05) is 23.2 Å². The molecule has 3 heteroatoms. The predicted octanol–water partition coefficient (Wildman–Crippen LogP) is 3.95. The fraction of sp³-hybridized carbons (Fsp3) is 0.357. The van der Waals surface area contributed by atoms with Crippen LogP contribution in [-0.4, -0.2) is 4.98 Å². The highest BCUT2D eigenvalue weighted by atomic mass is 32.1. The minimum absolute atomic E-state index is 0.281. The first-order valence-corrected chi connectivity index (χ1v) is 6.89. The Morgan fingerprint density at radius 1 is 1.29 bits per heavy atom. The number of rotatable bonds is 5. The van der Waals surface area contributed by atoms with Crippen LogP contribution < -0.4 is 5.32 Å². The van der Waals surface area contributed by atoms with Gasteiger partial charge >= 0.3 is 0 Å². The van der Waals surface area contributed by atoms with Crippen LogP contribution in [0.15, 0.2) is 41.9 Å². The molecule has 2 aromatic rings. The summed E-state index contributed by atoms with van der Waals surface area (Å²) in [6.07, 6.45) is 2.94. The molecule has 0 aliphatic rings. The van der Waals surface area contributed by atoms with E-state index in [-0.39, 0.29) is 6.04 Å². The summed E-state index contributed by atoms with van der Waals surface area (Å²) in [6, 6.07) is 11.1. The third-order valence-corrected chi connectivity index (χ3v) is 3.86. The van der Waals surface area contributed by atoms with E-state index in [0.29, 0.717) is 6.04 Å². The van der Waals surface area contributed by atoms with Crippen molar-refractivity contribution in [2.24, 2.45) is 0 Å². The van der Waals surface area contributed by atoms with E-state index in [0.717, 1.165) is 12.1 Å². The van der Waals surface area contributed by atoms with Gasteiger partial charge in [0.25, 0.3) is 0 Å². The number of thiophene rings is 1. The highest BCUT2D eigenvalue weighted by Crippen LogP contribution is 2.24. The maximum Gasteiger partial charge on any atom is 0.0570 e. The Morgan fingerprint density at radius 3 is 2.76 bits per heavy atom. The number of hydrogen-bond acceptors (Lipinski definition) is 3. The van der Waals surface area contributed by atoms with E-state index in [2.05, 4.69) is 47.7 Å². The lowest BCUT2D eigenvalue weighted by Gasteiger charge is -2.21. The summed E-state index contributed by atoms with van der Waals surface area (Å²) in [7, 11) is 0. The minimum Gasteiger partial charge on any atom is -0.301 e. The molecule has 0 aliphatic heterocycles. The molecule has 0 bridgehead atoms. The van der Waals surface area contributed by atoms with Crippen LogP contribution in [0.4, 0.5) is 0 Å². The lowest BCUT2D eigenvalue weighted by atomic mass is 10.1. The second-order valence-electron chi connectivity index (χ2n) is 4.12. The average Bonchev–Trinajstić information content (AvgIpc) is 2.90. The van der Waals surface area contributed by atoms with Gasteiger partial charge in [-0.1, -0.05) is 19.1 Å². The zero-order valence-corrected chi connectivity index (χ0v) is 11.1. The number of aromatic nitrogens is 1. The summed E-state index contributed by atoms with van der Waals surface area (Å²) in [5.74, 6) is 0. The average molecular weight is 246 g/mol. The van der Waals surface area contributed by atoms with Crippen LogP contribution in [0, 0.1) is 0 Å². The van der Waals surface area contributed by atoms with E-state index in [1.54, 1.807) is 0 Å². The SMILES string of the molecule is CCC(N[C@@H](C)c1ccccn1)c1cccs1. The van der Waals surface area contributed by atoms with Crippen molar-refractivity contribution >= 4 is 11.3 Å². The molecule has 17 heavy (non-hydrogen) atoms.